The third kappa shape index (κ3) is 2.38. The second kappa shape index (κ2) is 5.35. The van der Waals surface area contributed by atoms with Crippen LogP contribution in [0.15, 0.2) is 65.8 Å². The molecule has 0 fully saturated rings. The Morgan fingerprint density at radius 2 is 1.90 bits per heavy atom. The molecule has 1 aromatic heterocycles. The average molecular weight is 280 g/mol. The Morgan fingerprint density at radius 3 is 2.75 bits per heavy atom. The van der Waals surface area contributed by atoms with Crippen molar-refractivity contribution in [2.24, 2.45) is 0 Å². The highest BCUT2D eigenvalue weighted by molar-refractivity contribution is 7.80. The quantitative estimate of drug-likeness (QED) is 0.702. The molecule has 98 valence electrons. The fraction of sp³-hybridized carbons (Fsp3) is 0. The minimum absolute atomic E-state index is 0.174. The van der Waals surface area contributed by atoms with Gasteiger partial charge in [0.1, 0.15) is 0 Å². The molecular formula is C16H12N2OS. The fourth-order valence-corrected chi connectivity index (χ4v) is 2.34. The van der Waals surface area contributed by atoms with E-state index in [9.17, 15) is 4.79 Å². The summed E-state index contributed by atoms with van der Waals surface area (Å²) in [7, 11) is 0. The van der Waals surface area contributed by atoms with Crippen molar-refractivity contribution in [1.29, 1.82) is 0 Å². The molecule has 0 aliphatic rings. The number of nitrogens with one attached hydrogen (secondary N) is 1. The highest BCUT2D eigenvalue weighted by atomic mass is 32.1. The van der Waals surface area contributed by atoms with Gasteiger partial charge in [0.15, 0.2) is 0 Å². The maximum atomic E-state index is 12.3. The van der Waals surface area contributed by atoms with Crippen molar-refractivity contribution >= 4 is 35.0 Å². The zero-order valence-electron chi connectivity index (χ0n) is 10.6. The Balaban J connectivity index is 1.98. The lowest BCUT2D eigenvalue weighted by molar-refractivity contribution is 0.102. The number of hydrogen-bond acceptors (Lipinski definition) is 3. The highest BCUT2D eigenvalue weighted by Gasteiger charge is 2.10. The number of carbonyl (C=O) groups excluding carboxylic acids is 1. The molecule has 1 amide bonds. The van der Waals surface area contributed by atoms with E-state index in [1.54, 1.807) is 24.5 Å². The van der Waals surface area contributed by atoms with E-state index in [0.717, 1.165) is 16.5 Å². The predicted octanol–water partition coefficient (Wildman–Crippen LogP) is 3.78. The number of pyridine rings is 1. The molecular weight excluding hydrogens is 268 g/mol. The lowest BCUT2D eigenvalue weighted by Crippen LogP contribution is -2.12. The third-order valence-corrected chi connectivity index (χ3v) is 3.47. The second-order valence-corrected chi connectivity index (χ2v) is 4.86. The second-order valence-electron chi connectivity index (χ2n) is 4.37. The van der Waals surface area contributed by atoms with Crippen LogP contribution < -0.4 is 5.32 Å². The van der Waals surface area contributed by atoms with Crippen LogP contribution in [0.1, 0.15) is 10.4 Å². The average Bonchev–Trinajstić information content (AvgIpc) is 2.48. The summed E-state index contributed by atoms with van der Waals surface area (Å²) in [5.41, 5.74) is 1.30. The van der Waals surface area contributed by atoms with Gasteiger partial charge >= 0.3 is 0 Å². The van der Waals surface area contributed by atoms with Crippen LogP contribution in [0.25, 0.3) is 10.8 Å². The van der Waals surface area contributed by atoms with Crippen LogP contribution >= 0.6 is 12.6 Å². The molecule has 20 heavy (non-hydrogen) atoms. The van der Waals surface area contributed by atoms with E-state index in [0.29, 0.717) is 10.5 Å². The van der Waals surface area contributed by atoms with Crippen LogP contribution in [0.3, 0.4) is 0 Å². The summed E-state index contributed by atoms with van der Waals surface area (Å²) in [6.07, 6.45) is 3.48. The SMILES string of the molecule is O=C(Nc1cccc2ccncc12)c1ccccc1S. The summed E-state index contributed by atoms with van der Waals surface area (Å²) in [5.74, 6) is -0.174. The Bertz CT molecular complexity index is 781. The van der Waals surface area contributed by atoms with Crippen LogP contribution in [-0.4, -0.2) is 10.9 Å². The molecule has 0 bridgehead atoms. The van der Waals surface area contributed by atoms with Crippen molar-refractivity contribution in [3.8, 4) is 0 Å². The molecule has 4 heteroatoms. The molecule has 0 radical (unpaired) electrons. The lowest BCUT2D eigenvalue weighted by atomic mass is 10.1. The van der Waals surface area contributed by atoms with Gasteiger partial charge in [-0.15, -0.1) is 12.6 Å². The van der Waals surface area contributed by atoms with E-state index >= 15 is 0 Å². The van der Waals surface area contributed by atoms with E-state index in [1.165, 1.54) is 0 Å². The first-order valence-corrected chi connectivity index (χ1v) is 6.62. The maximum absolute atomic E-state index is 12.3. The Morgan fingerprint density at radius 1 is 1.05 bits per heavy atom. The zero-order valence-corrected chi connectivity index (χ0v) is 11.5. The molecule has 0 saturated heterocycles. The minimum Gasteiger partial charge on any atom is -0.321 e. The van der Waals surface area contributed by atoms with Gasteiger partial charge < -0.3 is 5.32 Å². The van der Waals surface area contributed by atoms with Crippen LogP contribution in [-0.2, 0) is 0 Å². The molecule has 0 unspecified atom stereocenters. The Labute approximate surface area is 122 Å². The van der Waals surface area contributed by atoms with Crippen LogP contribution in [0.4, 0.5) is 5.69 Å². The van der Waals surface area contributed by atoms with Crippen molar-refractivity contribution < 1.29 is 4.79 Å². The zero-order chi connectivity index (χ0) is 13.9. The standard InChI is InChI=1S/C16H12N2OS/c19-16(12-5-1-2-7-15(12)20)18-14-6-3-4-11-8-9-17-10-13(11)14/h1-10,20H,(H,18,19). The van der Waals surface area contributed by atoms with Crippen molar-refractivity contribution in [2.45, 2.75) is 4.90 Å². The van der Waals surface area contributed by atoms with E-state index in [1.807, 2.05) is 36.4 Å². The minimum atomic E-state index is -0.174. The van der Waals surface area contributed by atoms with Gasteiger partial charge in [-0.2, -0.15) is 0 Å². The smallest absolute Gasteiger partial charge is 0.256 e. The summed E-state index contributed by atoms with van der Waals surface area (Å²) in [6, 6.07) is 14.9. The number of aromatic nitrogens is 1. The highest BCUT2D eigenvalue weighted by Crippen LogP contribution is 2.23. The molecule has 0 spiro atoms. The molecule has 1 N–H and O–H groups in total. The number of fused-ring (bicyclic) bond motifs is 1. The van der Waals surface area contributed by atoms with Crippen molar-refractivity contribution in [3.63, 3.8) is 0 Å². The summed E-state index contributed by atoms with van der Waals surface area (Å²) >= 11 is 4.30. The first-order chi connectivity index (χ1) is 9.75. The van der Waals surface area contributed by atoms with E-state index in [2.05, 4.69) is 22.9 Å². The molecule has 3 nitrogen and oxygen atoms in total. The van der Waals surface area contributed by atoms with Crippen molar-refractivity contribution in [3.05, 3.63) is 66.5 Å². The number of benzene rings is 2. The summed E-state index contributed by atoms with van der Waals surface area (Å²) in [5, 5.41) is 4.87. The summed E-state index contributed by atoms with van der Waals surface area (Å²) in [6.45, 7) is 0. The lowest BCUT2D eigenvalue weighted by Gasteiger charge is -2.09. The van der Waals surface area contributed by atoms with Gasteiger partial charge in [0.2, 0.25) is 0 Å². The Kier molecular flexibility index (Phi) is 3.39. The number of amides is 1. The monoisotopic (exact) mass is 280 g/mol. The first kappa shape index (κ1) is 12.7. The molecule has 0 atom stereocenters. The van der Waals surface area contributed by atoms with E-state index in [4.69, 9.17) is 0 Å². The van der Waals surface area contributed by atoms with Gasteiger partial charge in [0, 0.05) is 22.7 Å². The number of thiol groups is 1. The molecule has 0 aliphatic carbocycles. The predicted molar refractivity (Wildman–Crippen MR) is 83.4 cm³/mol. The molecule has 3 aromatic rings. The number of anilines is 1. The normalized spacial score (nSPS) is 10.4. The van der Waals surface area contributed by atoms with Gasteiger partial charge in [0.05, 0.1) is 11.3 Å². The number of rotatable bonds is 2. The molecule has 0 saturated carbocycles. The molecule has 1 heterocycles. The Hall–Kier alpha value is -2.33. The van der Waals surface area contributed by atoms with E-state index in [-0.39, 0.29) is 5.91 Å². The number of hydrogen-bond donors (Lipinski definition) is 2. The van der Waals surface area contributed by atoms with Gasteiger partial charge in [0.25, 0.3) is 5.91 Å². The van der Waals surface area contributed by atoms with E-state index < -0.39 is 0 Å². The molecule has 0 aliphatic heterocycles. The van der Waals surface area contributed by atoms with Crippen LogP contribution in [0.5, 0.6) is 0 Å². The molecule has 3 rings (SSSR count). The van der Waals surface area contributed by atoms with Crippen LogP contribution in [0, 0.1) is 0 Å². The van der Waals surface area contributed by atoms with Crippen molar-refractivity contribution in [2.75, 3.05) is 5.32 Å². The van der Waals surface area contributed by atoms with Crippen LogP contribution in [0.2, 0.25) is 0 Å². The fourth-order valence-electron chi connectivity index (χ4n) is 2.08. The summed E-state index contributed by atoms with van der Waals surface area (Å²) < 4.78 is 0. The molecule has 2 aromatic carbocycles. The third-order valence-electron chi connectivity index (χ3n) is 3.08. The largest absolute Gasteiger partial charge is 0.321 e. The summed E-state index contributed by atoms with van der Waals surface area (Å²) in [4.78, 5) is 17.1. The van der Waals surface area contributed by atoms with Gasteiger partial charge in [-0.1, -0.05) is 24.3 Å². The first-order valence-electron chi connectivity index (χ1n) is 6.18. The van der Waals surface area contributed by atoms with Crippen molar-refractivity contribution in [1.82, 2.24) is 4.98 Å². The maximum Gasteiger partial charge on any atom is 0.256 e. The van der Waals surface area contributed by atoms with Gasteiger partial charge in [-0.3, -0.25) is 9.78 Å². The van der Waals surface area contributed by atoms with Gasteiger partial charge in [-0.05, 0) is 29.7 Å². The number of carbonyl (C=O) groups is 1. The van der Waals surface area contributed by atoms with Gasteiger partial charge in [-0.25, -0.2) is 0 Å². The number of nitrogens with zero attached hydrogens (tertiary/aromatic N) is 1. The topological polar surface area (TPSA) is 42.0 Å².